The van der Waals surface area contributed by atoms with Crippen LogP contribution in [0.1, 0.15) is 18.4 Å². The summed E-state index contributed by atoms with van der Waals surface area (Å²) in [6.45, 7) is 0.646. The predicted molar refractivity (Wildman–Crippen MR) is 69.7 cm³/mol. The van der Waals surface area contributed by atoms with Crippen LogP contribution in [0.4, 0.5) is 0 Å². The van der Waals surface area contributed by atoms with E-state index in [0.29, 0.717) is 29.6 Å². The zero-order chi connectivity index (χ0) is 13.2. The lowest BCUT2D eigenvalue weighted by Crippen LogP contribution is -2.02. The van der Waals surface area contributed by atoms with Crippen molar-refractivity contribution in [2.75, 3.05) is 13.7 Å². The topological polar surface area (TPSA) is 52.6 Å². The Bertz CT molecular complexity index is 523. The van der Waals surface area contributed by atoms with Crippen LogP contribution in [0.15, 0.2) is 18.2 Å². The molecule has 0 aliphatic heterocycles. The summed E-state index contributed by atoms with van der Waals surface area (Å²) in [5.41, 5.74) is 0.594. The molecular weight excluding hydrogens is 276 g/mol. The Morgan fingerprint density at radius 2 is 2.06 bits per heavy atom. The van der Waals surface area contributed by atoms with E-state index in [2.05, 4.69) is 0 Å². The Hall–Kier alpha value is -0.940. The van der Waals surface area contributed by atoms with Crippen LogP contribution in [0.25, 0.3) is 0 Å². The molecule has 100 valence electrons. The van der Waals surface area contributed by atoms with E-state index in [4.69, 9.17) is 20.2 Å². The Balaban J connectivity index is 2.14. The van der Waals surface area contributed by atoms with E-state index in [1.54, 1.807) is 25.3 Å². The number of benzene rings is 1. The van der Waals surface area contributed by atoms with E-state index in [0.717, 1.165) is 0 Å². The lowest BCUT2D eigenvalue weighted by Gasteiger charge is -2.11. The van der Waals surface area contributed by atoms with Crippen molar-refractivity contribution in [3.8, 4) is 11.5 Å². The van der Waals surface area contributed by atoms with Crippen LogP contribution in [-0.4, -0.2) is 22.1 Å². The van der Waals surface area contributed by atoms with Gasteiger partial charge in [0.1, 0.15) is 0 Å². The highest BCUT2D eigenvalue weighted by Gasteiger charge is 2.22. The van der Waals surface area contributed by atoms with Gasteiger partial charge in [0.05, 0.1) is 19.5 Å². The second-order valence-electron chi connectivity index (χ2n) is 4.42. The fourth-order valence-corrected chi connectivity index (χ4v) is 2.57. The first kappa shape index (κ1) is 13.5. The summed E-state index contributed by atoms with van der Waals surface area (Å²) in [7, 11) is 3.23. The summed E-state index contributed by atoms with van der Waals surface area (Å²) >= 11 is 0. The molecule has 6 heteroatoms. The molecule has 0 heterocycles. The van der Waals surface area contributed by atoms with Crippen molar-refractivity contribution in [3.63, 3.8) is 0 Å². The van der Waals surface area contributed by atoms with Crippen molar-refractivity contribution in [3.05, 3.63) is 23.8 Å². The molecule has 1 aromatic rings. The number of rotatable bonds is 6. The first-order valence-corrected chi connectivity index (χ1v) is 8.18. The summed E-state index contributed by atoms with van der Waals surface area (Å²) < 4.78 is 32.9. The molecule has 1 aromatic carbocycles. The Labute approximate surface area is 111 Å². The molecule has 0 unspecified atom stereocenters. The van der Waals surface area contributed by atoms with Crippen LogP contribution in [0.3, 0.4) is 0 Å². The number of methoxy groups -OCH3 is 1. The molecule has 1 saturated carbocycles. The summed E-state index contributed by atoms with van der Waals surface area (Å²) in [6.07, 6.45) is 2.39. The van der Waals surface area contributed by atoms with Gasteiger partial charge in [-0.1, -0.05) is 6.07 Å². The molecule has 1 aliphatic carbocycles. The van der Waals surface area contributed by atoms with Crippen LogP contribution >= 0.6 is 10.7 Å². The molecule has 2 rings (SSSR count). The van der Waals surface area contributed by atoms with Gasteiger partial charge in [0.25, 0.3) is 0 Å². The quantitative estimate of drug-likeness (QED) is 0.756. The van der Waals surface area contributed by atoms with Crippen LogP contribution in [0.5, 0.6) is 11.5 Å². The van der Waals surface area contributed by atoms with E-state index < -0.39 is 9.05 Å². The minimum absolute atomic E-state index is 0.210. The number of hydrogen-bond acceptors (Lipinski definition) is 4. The first-order valence-electron chi connectivity index (χ1n) is 5.70. The van der Waals surface area contributed by atoms with Crippen molar-refractivity contribution in [2.24, 2.45) is 5.92 Å². The zero-order valence-corrected chi connectivity index (χ0v) is 11.6. The van der Waals surface area contributed by atoms with Gasteiger partial charge in [0.15, 0.2) is 11.5 Å². The average molecular weight is 291 g/mol. The van der Waals surface area contributed by atoms with Gasteiger partial charge in [-0.05, 0) is 36.5 Å². The van der Waals surface area contributed by atoms with Gasteiger partial charge in [0, 0.05) is 10.7 Å². The summed E-state index contributed by atoms with van der Waals surface area (Å²) in [5, 5.41) is 0. The van der Waals surface area contributed by atoms with Gasteiger partial charge in [-0.25, -0.2) is 8.42 Å². The minimum Gasteiger partial charge on any atom is -0.493 e. The maximum Gasteiger partial charge on any atom is 0.236 e. The van der Waals surface area contributed by atoms with Crippen molar-refractivity contribution < 1.29 is 17.9 Å². The van der Waals surface area contributed by atoms with Gasteiger partial charge >= 0.3 is 0 Å². The fourth-order valence-electron chi connectivity index (χ4n) is 1.61. The molecule has 0 saturated heterocycles. The highest BCUT2D eigenvalue weighted by molar-refractivity contribution is 8.13. The minimum atomic E-state index is -3.56. The zero-order valence-electron chi connectivity index (χ0n) is 10.1. The Morgan fingerprint density at radius 1 is 1.33 bits per heavy atom. The van der Waals surface area contributed by atoms with Crippen LogP contribution in [0.2, 0.25) is 0 Å². The smallest absolute Gasteiger partial charge is 0.236 e. The van der Waals surface area contributed by atoms with E-state index in [1.807, 2.05) is 0 Å². The van der Waals surface area contributed by atoms with Gasteiger partial charge in [-0.3, -0.25) is 0 Å². The Morgan fingerprint density at radius 3 is 2.61 bits per heavy atom. The third-order valence-electron chi connectivity index (χ3n) is 2.74. The fraction of sp³-hybridized carbons (Fsp3) is 0.500. The molecule has 0 bridgehead atoms. The molecule has 0 radical (unpaired) electrons. The third-order valence-corrected chi connectivity index (χ3v) is 3.74. The number of halogens is 1. The van der Waals surface area contributed by atoms with Crippen LogP contribution in [0, 0.1) is 5.92 Å². The highest BCUT2D eigenvalue weighted by atomic mass is 35.7. The van der Waals surface area contributed by atoms with Crippen LogP contribution in [-0.2, 0) is 14.8 Å². The van der Waals surface area contributed by atoms with Gasteiger partial charge < -0.3 is 9.47 Å². The molecule has 0 aromatic heterocycles. The maximum absolute atomic E-state index is 11.0. The molecule has 18 heavy (non-hydrogen) atoms. The monoisotopic (exact) mass is 290 g/mol. The average Bonchev–Trinajstić information content (AvgIpc) is 3.08. The number of ether oxygens (including phenoxy) is 2. The van der Waals surface area contributed by atoms with E-state index in [1.165, 1.54) is 12.8 Å². The molecule has 0 N–H and O–H groups in total. The van der Waals surface area contributed by atoms with Crippen molar-refractivity contribution in [2.45, 2.75) is 18.6 Å². The standard InChI is InChI=1S/C12H15ClO4S/c1-16-11-5-4-10(8-18(13,14)15)6-12(11)17-7-9-2-3-9/h4-6,9H,2-3,7-8H2,1H3. The lowest BCUT2D eigenvalue weighted by atomic mass is 10.2. The molecule has 0 atom stereocenters. The second-order valence-corrected chi connectivity index (χ2v) is 7.20. The van der Waals surface area contributed by atoms with Crippen molar-refractivity contribution in [1.29, 1.82) is 0 Å². The second kappa shape index (κ2) is 5.36. The predicted octanol–water partition coefficient (Wildman–Crippen LogP) is 2.55. The normalized spacial score (nSPS) is 15.4. The first-order chi connectivity index (χ1) is 8.48. The van der Waals surface area contributed by atoms with Crippen molar-refractivity contribution in [1.82, 2.24) is 0 Å². The SMILES string of the molecule is COc1ccc(CS(=O)(=O)Cl)cc1OCC1CC1. The van der Waals surface area contributed by atoms with Gasteiger partial charge in [-0.2, -0.15) is 0 Å². The largest absolute Gasteiger partial charge is 0.493 e. The summed E-state index contributed by atoms with van der Waals surface area (Å²) in [5.74, 6) is 1.59. The lowest BCUT2D eigenvalue weighted by molar-refractivity contribution is 0.280. The van der Waals surface area contributed by atoms with E-state index in [-0.39, 0.29) is 5.75 Å². The van der Waals surface area contributed by atoms with E-state index in [9.17, 15) is 8.42 Å². The molecule has 1 fully saturated rings. The highest BCUT2D eigenvalue weighted by Crippen LogP contribution is 2.33. The van der Waals surface area contributed by atoms with E-state index >= 15 is 0 Å². The number of hydrogen-bond donors (Lipinski definition) is 0. The van der Waals surface area contributed by atoms with Gasteiger partial charge in [0.2, 0.25) is 9.05 Å². The van der Waals surface area contributed by atoms with Crippen LogP contribution < -0.4 is 9.47 Å². The maximum atomic E-state index is 11.0. The molecule has 4 nitrogen and oxygen atoms in total. The molecule has 0 spiro atoms. The molecule has 0 amide bonds. The third kappa shape index (κ3) is 4.07. The molecular formula is C12H15ClO4S. The summed E-state index contributed by atoms with van der Waals surface area (Å²) in [4.78, 5) is 0. The van der Waals surface area contributed by atoms with Gasteiger partial charge in [-0.15, -0.1) is 0 Å². The Kier molecular flexibility index (Phi) is 4.02. The molecule has 1 aliphatic rings. The summed E-state index contributed by atoms with van der Waals surface area (Å²) in [6, 6.07) is 5.03. The van der Waals surface area contributed by atoms with Crippen molar-refractivity contribution >= 4 is 19.7 Å².